The van der Waals surface area contributed by atoms with Crippen LogP contribution in [0.5, 0.6) is 0 Å². The minimum absolute atomic E-state index is 0.0269. The van der Waals surface area contributed by atoms with Gasteiger partial charge in [0.1, 0.15) is 11.9 Å². The highest BCUT2D eigenvalue weighted by molar-refractivity contribution is 5.98. The van der Waals surface area contributed by atoms with Crippen LogP contribution in [-0.4, -0.2) is 45.8 Å². The summed E-state index contributed by atoms with van der Waals surface area (Å²) in [6, 6.07) is 5.93. The number of fused-ring (bicyclic) bond motifs is 1. The van der Waals surface area contributed by atoms with E-state index in [0.29, 0.717) is 13.1 Å². The first-order valence-electron chi connectivity index (χ1n) is 9.76. The van der Waals surface area contributed by atoms with E-state index < -0.39 is 0 Å². The maximum atomic E-state index is 12.8. The van der Waals surface area contributed by atoms with Crippen molar-refractivity contribution in [2.45, 2.75) is 38.1 Å². The van der Waals surface area contributed by atoms with Crippen molar-refractivity contribution in [2.75, 3.05) is 19.6 Å². The van der Waals surface area contributed by atoms with Gasteiger partial charge in [-0.15, -0.1) is 0 Å². The van der Waals surface area contributed by atoms with E-state index in [0.717, 1.165) is 30.8 Å². The van der Waals surface area contributed by atoms with Crippen LogP contribution in [0.2, 0.25) is 0 Å². The lowest BCUT2D eigenvalue weighted by molar-refractivity contribution is -0.134. The first kappa shape index (κ1) is 17.9. The summed E-state index contributed by atoms with van der Waals surface area (Å²) >= 11 is 0. The molecule has 142 valence electrons. The average Bonchev–Trinajstić information content (AvgIpc) is 3.33. The number of carbonyl (C=O) groups excluding carboxylic acids is 2. The Morgan fingerprint density at radius 2 is 2.07 bits per heavy atom. The number of nitrogens with one attached hydrogen (secondary N) is 1. The predicted octanol–water partition coefficient (Wildman–Crippen LogP) is 2.04. The van der Waals surface area contributed by atoms with Crippen LogP contribution < -0.4 is 5.32 Å². The molecule has 1 fully saturated rings. The summed E-state index contributed by atoms with van der Waals surface area (Å²) in [7, 11) is 1.94. The number of carbonyl (C=O) groups is 2. The largest absolute Gasteiger partial charge is 0.336 e. The number of benzene rings is 1. The lowest BCUT2D eigenvalue weighted by Gasteiger charge is -2.35. The van der Waals surface area contributed by atoms with Crippen molar-refractivity contribution < 1.29 is 9.59 Å². The molecule has 0 bridgehead atoms. The van der Waals surface area contributed by atoms with E-state index in [9.17, 15) is 9.59 Å². The van der Waals surface area contributed by atoms with Gasteiger partial charge in [0.2, 0.25) is 5.91 Å². The van der Waals surface area contributed by atoms with Gasteiger partial charge >= 0.3 is 0 Å². The molecule has 6 heteroatoms. The molecule has 4 rings (SSSR count). The third-order valence-electron chi connectivity index (χ3n) is 5.71. The van der Waals surface area contributed by atoms with Gasteiger partial charge in [0.15, 0.2) is 5.78 Å². The van der Waals surface area contributed by atoms with Crippen LogP contribution in [0.25, 0.3) is 0 Å². The molecule has 2 aromatic rings. The molecule has 1 aromatic carbocycles. The molecule has 2 heterocycles. The molecular formula is C21H26N4O2. The third-order valence-corrected chi connectivity index (χ3v) is 5.71. The number of nitrogens with zero attached hydrogens (tertiary/aromatic N) is 3. The van der Waals surface area contributed by atoms with Gasteiger partial charge in [-0.1, -0.05) is 12.1 Å². The monoisotopic (exact) mass is 366 g/mol. The zero-order valence-electron chi connectivity index (χ0n) is 15.8. The van der Waals surface area contributed by atoms with Gasteiger partial charge < -0.3 is 14.8 Å². The van der Waals surface area contributed by atoms with Crippen molar-refractivity contribution >= 4 is 11.7 Å². The Morgan fingerprint density at radius 1 is 1.22 bits per heavy atom. The van der Waals surface area contributed by atoms with Crippen LogP contribution in [0.4, 0.5) is 0 Å². The van der Waals surface area contributed by atoms with E-state index in [2.05, 4.69) is 16.4 Å². The molecule has 1 N–H and O–H groups in total. The van der Waals surface area contributed by atoms with Crippen molar-refractivity contribution in [3.8, 4) is 0 Å². The van der Waals surface area contributed by atoms with E-state index in [1.807, 2.05) is 34.8 Å². The number of aryl methyl sites for hydroxylation is 3. The SMILES string of the molecule is Cn1ccnc1C1CNCCN1C(=O)CCC(=O)c1ccc2c(c1)CCC2. The quantitative estimate of drug-likeness (QED) is 0.823. The second kappa shape index (κ2) is 7.64. The Kier molecular flexibility index (Phi) is 5.07. The summed E-state index contributed by atoms with van der Waals surface area (Å²) in [6.45, 7) is 2.10. The number of Topliss-reactive ketones (excluding diaryl/α,β-unsaturated/α-hetero) is 1. The van der Waals surface area contributed by atoms with Gasteiger partial charge in [-0.3, -0.25) is 9.59 Å². The molecule has 1 aromatic heterocycles. The topological polar surface area (TPSA) is 67.2 Å². The van der Waals surface area contributed by atoms with Crippen LogP contribution >= 0.6 is 0 Å². The molecule has 27 heavy (non-hydrogen) atoms. The Balaban J connectivity index is 1.40. The second-order valence-corrected chi connectivity index (χ2v) is 7.46. The number of piperazine rings is 1. The predicted molar refractivity (Wildman–Crippen MR) is 103 cm³/mol. The van der Waals surface area contributed by atoms with Crippen molar-refractivity contribution in [3.63, 3.8) is 0 Å². The molecule has 1 aliphatic heterocycles. The average molecular weight is 366 g/mol. The number of hydrogen-bond acceptors (Lipinski definition) is 4. The summed E-state index contributed by atoms with van der Waals surface area (Å²) in [5.41, 5.74) is 3.40. The summed E-state index contributed by atoms with van der Waals surface area (Å²) in [5.74, 6) is 0.959. The van der Waals surface area contributed by atoms with Crippen LogP contribution in [-0.2, 0) is 24.7 Å². The highest BCUT2D eigenvalue weighted by Gasteiger charge is 2.30. The molecule has 2 aliphatic rings. The van der Waals surface area contributed by atoms with E-state index >= 15 is 0 Å². The molecule has 1 aliphatic carbocycles. The maximum absolute atomic E-state index is 12.8. The minimum Gasteiger partial charge on any atom is -0.336 e. The Bertz CT molecular complexity index is 858. The standard InChI is InChI=1S/C21H26N4O2/c1-24-11-10-23-21(24)18-14-22-9-12-25(18)20(27)8-7-19(26)17-6-5-15-3-2-4-16(15)13-17/h5-6,10-11,13,18,22H,2-4,7-9,12,14H2,1H3. The molecule has 0 saturated carbocycles. The Labute approximate surface area is 159 Å². The van der Waals surface area contributed by atoms with Gasteiger partial charge in [-0.2, -0.15) is 0 Å². The molecular weight excluding hydrogens is 340 g/mol. The van der Waals surface area contributed by atoms with Gasteiger partial charge in [0.05, 0.1) is 0 Å². The third kappa shape index (κ3) is 3.67. The van der Waals surface area contributed by atoms with Crippen LogP contribution in [0.15, 0.2) is 30.6 Å². The minimum atomic E-state index is -0.0821. The summed E-state index contributed by atoms with van der Waals surface area (Å²) in [6.07, 6.45) is 7.49. The van der Waals surface area contributed by atoms with Crippen molar-refractivity contribution in [1.29, 1.82) is 0 Å². The fraction of sp³-hybridized carbons (Fsp3) is 0.476. The Morgan fingerprint density at radius 3 is 2.89 bits per heavy atom. The number of imidazole rings is 1. The lowest BCUT2D eigenvalue weighted by atomic mass is 10.0. The fourth-order valence-electron chi connectivity index (χ4n) is 4.19. The maximum Gasteiger partial charge on any atom is 0.223 e. The molecule has 1 unspecified atom stereocenters. The first-order chi connectivity index (χ1) is 13.1. The smallest absolute Gasteiger partial charge is 0.223 e. The number of rotatable bonds is 5. The zero-order valence-corrected chi connectivity index (χ0v) is 15.8. The number of ketones is 1. The number of amides is 1. The van der Waals surface area contributed by atoms with Gasteiger partial charge in [0.25, 0.3) is 0 Å². The summed E-state index contributed by atoms with van der Waals surface area (Å²) < 4.78 is 1.95. The Hall–Kier alpha value is -2.47. The molecule has 0 spiro atoms. The fourth-order valence-corrected chi connectivity index (χ4v) is 4.19. The highest BCUT2D eigenvalue weighted by Crippen LogP contribution is 2.24. The normalized spacial score (nSPS) is 19.1. The highest BCUT2D eigenvalue weighted by atomic mass is 16.2. The summed E-state index contributed by atoms with van der Waals surface area (Å²) in [4.78, 5) is 31.7. The molecule has 1 atom stereocenters. The van der Waals surface area contributed by atoms with E-state index in [4.69, 9.17) is 0 Å². The number of aromatic nitrogens is 2. The number of hydrogen-bond donors (Lipinski definition) is 1. The van der Waals surface area contributed by atoms with Crippen LogP contribution in [0.1, 0.15) is 52.6 Å². The van der Waals surface area contributed by atoms with Gasteiger partial charge in [0, 0.05) is 57.5 Å². The summed E-state index contributed by atoms with van der Waals surface area (Å²) in [5, 5.41) is 3.34. The van der Waals surface area contributed by atoms with Crippen molar-refractivity contribution in [1.82, 2.24) is 19.8 Å². The van der Waals surface area contributed by atoms with Gasteiger partial charge in [-0.25, -0.2) is 4.98 Å². The van der Waals surface area contributed by atoms with E-state index in [-0.39, 0.29) is 30.6 Å². The van der Waals surface area contributed by atoms with E-state index in [1.54, 1.807) is 6.20 Å². The lowest BCUT2D eigenvalue weighted by Crippen LogP contribution is -2.49. The van der Waals surface area contributed by atoms with E-state index in [1.165, 1.54) is 17.5 Å². The molecule has 1 saturated heterocycles. The molecule has 6 nitrogen and oxygen atoms in total. The van der Waals surface area contributed by atoms with Crippen LogP contribution in [0, 0.1) is 0 Å². The van der Waals surface area contributed by atoms with Crippen LogP contribution in [0.3, 0.4) is 0 Å². The molecule has 0 radical (unpaired) electrons. The molecule has 1 amide bonds. The first-order valence-corrected chi connectivity index (χ1v) is 9.76. The van der Waals surface area contributed by atoms with Crippen molar-refractivity contribution in [3.05, 3.63) is 53.1 Å². The van der Waals surface area contributed by atoms with Gasteiger partial charge in [-0.05, 0) is 36.5 Å². The second-order valence-electron chi connectivity index (χ2n) is 7.46. The van der Waals surface area contributed by atoms with Crippen molar-refractivity contribution in [2.24, 2.45) is 7.05 Å². The zero-order chi connectivity index (χ0) is 18.8.